The normalized spacial score (nSPS) is 12.2. The van der Waals surface area contributed by atoms with Crippen molar-refractivity contribution in [2.24, 2.45) is 0 Å². The molecule has 0 aliphatic rings. The van der Waals surface area contributed by atoms with Gasteiger partial charge in [-0.3, -0.25) is 4.98 Å². The van der Waals surface area contributed by atoms with Crippen LogP contribution in [0.25, 0.3) is 21.9 Å². The Bertz CT molecular complexity index is 1860. The summed E-state index contributed by atoms with van der Waals surface area (Å²) in [5.41, 5.74) is 2.06. The zero-order chi connectivity index (χ0) is 29.1. The van der Waals surface area contributed by atoms with Crippen LogP contribution in [0.15, 0.2) is 102 Å². The lowest BCUT2D eigenvalue weighted by Gasteiger charge is -2.22. The van der Waals surface area contributed by atoms with E-state index >= 15 is 0 Å². The van der Waals surface area contributed by atoms with Crippen LogP contribution >= 0.6 is 0 Å². The molecule has 0 radical (unpaired) electrons. The molecule has 0 saturated heterocycles. The molecule has 1 heterocycles. The third-order valence-corrected chi connectivity index (χ3v) is 8.10. The second-order valence-electron chi connectivity index (χ2n) is 9.46. The number of pyridine rings is 1. The van der Waals surface area contributed by atoms with Gasteiger partial charge >= 0.3 is 6.03 Å². The summed E-state index contributed by atoms with van der Waals surface area (Å²) in [7, 11) is -4.24. The number of nitrogens with zero attached hydrogens (tertiary/aromatic N) is 1. The first-order valence-corrected chi connectivity index (χ1v) is 14.1. The number of fused-ring (bicyclic) bond motifs is 1. The first-order valence-electron chi connectivity index (χ1n) is 12.6. The summed E-state index contributed by atoms with van der Waals surface area (Å²) in [4.78, 5) is 17.5. The third-order valence-electron chi connectivity index (χ3n) is 6.61. The van der Waals surface area contributed by atoms with Gasteiger partial charge in [0.1, 0.15) is 17.5 Å². The van der Waals surface area contributed by atoms with Crippen LogP contribution in [0, 0.1) is 24.4 Å². The van der Waals surface area contributed by atoms with Gasteiger partial charge in [-0.25, -0.2) is 31.1 Å². The van der Waals surface area contributed by atoms with Crippen molar-refractivity contribution in [1.82, 2.24) is 15.0 Å². The largest absolute Gasteiger partial charge is 0.329 e. The molecule has 0 bridgehead atoms. The average molecular weight is 576 g/mol. The van der Waals surface area contributed by atoms with Crippen molar-refractivity contribution in [3.05, 3.63) is 131 Å². The van der Waals surface area contributed by atoms with Gasteiger partial charge in [-0.15, -0.1) is 0 Å². The number of sulfonamides is 1. The lowest BCUT2D eigenvalue weighted by atomic mass is 9.92. The smallest absolute Gasteiger partial charge is 0.329 e. The molecule has 1 aromatic heterocycles. The number of halogens is 3. The molecule has 6 nitrogen and oxygen atoms in total. The first-order chi connectivity index (χ1) is 19.6. The van der Waals surface area contributed by atoms with Crippen molar-refractivity contribution in [2.75, 3.05) is 0 Å². The molecule has 0 spiro atoms. The number of hydrogen-bond acceptors (Lipinski definition) is 4. The van der Waals surface area contributed by atoms with Gasteiger partial charge in [0, 0.05) is 23.2 Å². The molecular formula is C31H24F3N3O3S. The number of carbonyl (C=O) groups is 1. The van der Waals surface area contributed by atoms with Crippen LogP contribution in [0.2, 0.25) is 0 Å². The minimum Gasteiger partial charge on any atom is -0.329 e. The molecule has 0 fully saturated rings. The Morgan fingerprint density at radius 2 is 1.51 bits per heavy atom. The monoisotopic (exact) mass is 575 g/mol. The Kier molecular flexibility index (Phi) is 7.76. The number of urea groups is 1. The molecule has 208 valence electrons. The van der Waals surface area contributed by atoms with Crippen LogP contribution in [0.4, 0.5) is 18.0 Å². The molecule has 10 heteroatoms. The first kappa shape index (κ1) is 27.9. The highest BCUT2D eigenvalue weighted by molar-refractivity contribution is 7.90. The van der Waals surface area contributed by atoms with Crippen LogP contribution in [0.5, 0.6) is 0 Å². The van der Waals surface area contributed by atoms with Gasteiger partial charge in [0.05, 0.1) is 16.6 Å². The SMILES string of the molecule is Cc1ccccc1S(=O)(=O)NC(=O)N[C@@H](Cc1cc(F)cc(F)c1)c1ncccc1-c1ccc(F)c2ccccc12. The van der Waals surface area contributed by atoms with E-state index in [1.165, 1.54) is 24.4 Å². The second kappa shape index (κ2) is 11.4. The Hall–Kier alpha value is -4.70. The summed E-state index contributed by atoms with van der Waals surface area (Å²) in [6, 6.07) is 20.2. The van der Waals surface area contributed by atoms with Gasteiger partial charge in [0.15, 0.2) is 0 Å². The van der Waals surface area contributed by atoms with E-state index < -0.39 is 39.5 Å². The van der Waals surface area contributed by atoms with E-state index in [0.717, 1.165) is 18.2 Å². The maximum atomic E-state index is 14.6. The molecule has 4 aromatic carbocycles. The predicted octanol–water partition coefficient (Wildman–Crippen LogP) is 6.60. The van der Waals surface area contributed by atoms with Crippen LogP contribution in [-0.4, -0.2) is 19.4 Å². The highest BCUT2D eigenvalue weighted by Crippen LogP contribution is 2.35. The molecular weight excluding hydrogens is 551 g/mol. The molecule has 0 unspecified atom stereocenters. The van der Waals surface area contributed by atoms with Crippen molar-refractivity contribution >= 4 is 26.8 Å². The Morgan fingerprint density at radius 3 is 2.24 bits per heavy atom. The van der Waals surface area contributed by atoms with Gasteiger partial charge in [0.2, 0.25) is 0 Å². The van der Waals surface area contributed by atoms with Crippen molar-refractivity contribution in [1.29, 1.82) is 0 Å². The van der Waals surface area contributed by atoms with E-state index in [9.17, 15) is 26.4 Å². The van der Waals surface area contributed by atoms with Crippen molar-refractivity contribution < 1.29 is 26.4 Å². The zero-order valence-electron chi connectivity index (χ0n) is 21.7. The molecule has 5 aromatic rings. The number of nitrogens with one attached hydrogen (secondary N) is 2. The van der Waals surface area contributed by atoms with E-state index in [0.29, 0.717) is 27.5 Å². The lowest BCUT2D eigenvalue weighted by molar-refractivity contribution is 0.242. The topological polar surface area (TPSA) is 88.2 Å². The van der Waals surface area contributed by atoms with E-state index in [-0.39, 0.29) is 22.6 Å². The molecule has 5 rings (SSSR count). The van der Waals surface area contributed by atoms with Crippen LogP contribution in [0.1, 0.15) is 22.9 Å². The van der Waals surface area contributed by atoms with Crippen LogP contribution in [0.3, 0.4) is 0 Å². The molecule has 1 atom stereocenters. The Morgan fingerprint density at radius 1 is 0.829 bits per heavy atom. The number of aryl methyl sites for hydroxylation is 1. The van der Waals surface area contributed by atoms with Gasteiger partial charge in [-0.1, -0.05) is 54.6 Å². The highest BCUT2D eigenvalue weighted by atomic mass is 32.2. The van der Waals surface area contributed by atoms with Gasteiger partial charge in [-0.2, -0.15) is 0 Å². The number of rotatable bonds is 7. The fourth-order valence-electron chi connectivity index (χ4n) is 4.82. The van der Waals surface area contributed by atoms with E-state index in [1.54, 1.807) is 61.5 Å². The summed E-state index contributed by atoms with van der Waals surface area (Å²) in [5, 5.41) is 3.59. The van der Waals surface area contributed by atoms with E-state index in [1.807, 2.05) is 4.72 Å². The molecule has 0 aliphatic carbocycles. The van der Waals surface area contributed by atoms with Gasteiger partial charge in [0.25, 0.3) is 10.0 Å². The lowest BCUT2D eigenvalue weighted by Crippen LogP contribution is -2.42. The van der Waals surface area contributed by atoms with Crippen molar-refractivity contribution in [3.8, 4) is 11.1 Å². The zero-order valence-corrected chi connectivity index (χ0v) is 22.6. The van der Waals surface area contributed by atoms with Gasteiger partial charge in [-0.05, 0) is 65.8 Å². The Balaban J connectivity index is 1.57. The molecule has 0 aliphatic heterocycles. The minimum atomic E-state index is -4.24. The maximum absolute atomic E-state index is 14.6. The third kappa shape index (κ3) is 6.07. The van der Waals surface area contributed by atoms with E-state index in [2.05, 4.69) is 10.3 Å². The number of aromatic nitrogens is 1. The highest BCUT2D eigenvalue weighted by Gasteiger charge is 2.25. The Labute approximate surface area is 234 Å². The summed E-state index contributed by atoms with van der Waals surface area (Å²) < 4.78 is 70.7. The number of amides is 2. The maximum Gasteiger partial charge on any atom is 0.329 e. The number of benzene rings is 4. The summed E-state index contributed by atoms with van der Waals surface area (Å²) >= 11 is 0. The van der Waals surface area contributed by atoms with Crippen LogP contribution in [-0.2, 0) is 16.4 Å². The molecule has 2 N–H and O–H groups in total. The van der Waals surface area contributed by atoms with E-state index in [4.69, 9.17) is 0 Å². The number of carbonyl (C=O) groups excluding carboxylic acids is 1. The minimum absolute atomic E-state index is 0.0739. The predicted molar refractivity (Wildman–Crippen MR) is 150 cm³/mol. The van der Waals surface area contributed by atoms with Crippen molar-refractivity contribution in [2.45, 2.75) is 24.3 Å². The molecule has 2 amide bonds. The molecule has 0 saturated carbocycles. The number of hydrogen-bond donors (Lipinski definition) is 2. The molecule has 41 heavy (non-hydrogen) atoms. The quantitative estimate of drug-likeness (QED) is 0.229. The van der Waals surface area contributed by atoms with Crippen molar-refractivity contribution in [3.63, 3.8) is 0 Å². The standard InChI is InChI=1S/C31H24F3N3O3S/c1-19-7-2-5-11-29(19)41(39,40)37-31(38)36-28(17-20-15-21(32)18-22(33)16-20)30-26(10-6-14-35-30)24-12-13-27(34)25-9-4-3-8-23(24)25/h2-16,18,28H,17H2,1H3,(H2,36,37,38)/t28-/m0/s1. The fourth-order valence-corrected chi connectivity index (χ4v) is 5.99. The van der Waals surface area contributed by atoms with Gasteiger partial charge < -0.3 is 5.32 Å². The summed E-state index contributed by atoms with van der Waals surface area (Å²) in [5.74, 6) is -2.03. The average Bonchev–Trinajstić information content (AvgIpc) is 2.92. The second-order valence-corrected chi connectivity index (χ2v) is 11.1. The summed E-state index contributed by atoms with van der Waals surface area (Å²) in [6.45, 7) is 1.60. The summed E-state index contributed by atoms with van der Waals surface area (Å²) in [6.07, 6.45) is 1.35. The fraction of sp³-hybridized carbons (Fsp3) is 0.0968. The van der Waals surface area contributed by atoms with Crippen LogP contribution < -0.4 is 10.0 Å².